The first-order valence-corrected chi connectivity index (χ1v) is 9.45. The van der Waals surface area contributed by atoms with E-state index in [0.29, 0.717) is 6.54 Å². The smallest absolute Gasteiger partial charge is 0.319 e. The van der Waals surface area contributed by atoms with Crippen molar-refractivity contribution in [3.63, 3.8) is 0 Å². The van der Waals surface area contributed by atoms with Gasteiger partial charge in [0, 0.05) is 25.3 Å². The second-order valence-corrected chi connectivity index (χ2v) is 6.35. The lowest BCUT2D eigenvalue weighted by Crippen LogP contribution is -2.28. The largest absolute Gasteiger partial charge is 0.334 e. The minimum Gasteiger partial charge on any atom is -0.334 e. The standard InChI is InChI=1S/C22H30N4O/c1-4-17-7-9-21(10-8-17)26-22(27)25-16-20-12-18(14-23-5-2)11-19(13-20)15-24-6-3/h4,7-13,23-24H,1,5-6,14-16H2,2-3H3,(H2,25,26,27). The number of hydrogen-bond donors (Lipinski definition) is 4. The van der Waals surface area contributed by atoms with Crippen LogP contribution >= 0.6 is 0 Å². The predicted octanol–water partition coefficient (Wildman–Crippen LogP) is 3.87. The lowest BCUT2D eigenvalue weighted by atomic mass is 10.1. The number of carbonyl (C=O) groups is 1. The molecule has 0 heterocycles. The van der Waals surface area contributed by atoms with Gasteiger partial charge in [-0.25, -0.2) is 4.79 Å². The van der Waals surface area contributed by atoms with Crippen LogP contribution in [0, 0.1) is 0 Å². The zero-order valence-corrected chi connectivity index (χ0v) is 16.3. The van der Waals surface area contributed by atoms with Crippen molar-refractivity contribution in [2.45, 2.75) is 33.5 Å². The van der Waals surface area contributed by atoms with Crippen LogP contribution in [-0.4, -0.2) is 19.1 Å². The van der Waals surface area contributed by atoms with E-state index in [1.165, 1.54) is 11.1 Å². The van der Waals surface area contributed by atoms with Crippen LogP contribution < -0.4 is 21.3 Å². The van der Waals surface area contributed by atoms with Gasteiger partial charge in [0.2, 0.25) is 0 Å². The highest BCUT2D eigenvalue weighted by Gasteiger charge is 2.05. The van der Waals surface area contributed by atoms with E-state index in [0.717, 1.165) is 43.0 Å². The third kappa shape index (κ3) is 7.25. The van der Waals surface area contributed by atoms with Gasteiger partial charge in [-0.3, -0.25) is 0 Å². The lowest BCUT2D eigenvalue weighted by Gasteiger charge is -2.12. The van der Waals surface area contributed by atoms with E-state index in [1.54, 1.807) is 6.08 Å². The van der Waals surface area contributed by atoms with Crippen LogP contribution in [0.5, 0.6) is 0 Å². The average molecular weight is 367 g/mol. The third-order valence-corrected chi connectivity index (χ3v) is 4.13. The summed E-state index contributed by atoms with van der Waals surface area (Å²) in [4.78, 5) is 12.2. The van der Waals surface area contributed by atoms with E-state index in [9.17, 15) is 4.79 Å². The van der Waals surface area contributed by atoms with Gasteiger partial charge in [-0.05, 0) is 47.5 Å². The molecule has 0 unspecified atom stereocenters. The van der Waals surface area contributed by atoms with Gasteiger partial charge >= 0.3 is 6.03 Å². The van der Waals surface area contributed by atoms with Crippen molar-refractivity contribution in [2.75, 3.05) is 18.4 Å². The van der Waals surface area contributed by atoms with Gasteiger partial charge in [-0.1, -0.05) is 56.8 Å². The molecule has 144 valence electrons. The minimum absolute atomic E-state index is 0.216. The molecule has 4 N–H and O–H groups in total. The molecule has 5 nitrogen and oxygen atoms in total. The van der Waals surface area contributed by atoms with Crippen molar-refractivity contribution in [3.05, 3.63) is 71.3 Å². The molecule has 0 aliphatic rings. The topological polar surface area (TPSA) is 65.2 Å². The van der Waals surface area contributed by atoms with E-state index in [2.05, 4.69) is 59.9 Å². The summed E-state index contributed by atoms with van der Waals surface area (Å²) in [6.45, 7) is 11.9. The first-order valence-electron chi connectivity index (χ1n) is 9.45. The third-order valence-electron chi connectivity index (χ3n) is 4.13. The first kappa shape index (κ1) is 20.7. The average Bonchev–Trinajstić information content (AvgIpc) is 2.69. The second kappa shape index (κ2) is 11.2. The lowest BCUT2D eigenvalue weighted by molar-refractivity contribution is 0.251. The molecule has 5 heteroatoms. The normalized spacial score (nSPS) is 10.4. The van der Waals surface area contributed by atoms with Crippen molar-refractivity contribution in [3.8, 4) is 0 Å². The summed E-state index contributed by atoms with van der Waals surface area (Å²) in [5, 5.41) is 12.5. The molecule has 0 saturated heterocycles. The maximum atomic E-state index is 12.2. The summed E-state index contributed by atoms with van der Waals surface area (Å²) < 4.78 is 0. The zero-order chi connectivity index (χ0) is 19.5. The zero-order valence-electron chi connectivity index (χ0n) is 16.3. The Hall–Kier alpha value is -2.63. The summed E-state index contributed by atoms with van der Waals surface area (Å²) in [6, 6.07) is 13.8. The van der Waals surface area contributed by atoms with E-state index in [-0.39, 0.29) is 6.03 Å². The molecule has 0 aromatic heterocycles. The molecule has 2 amide bonds. The summed E-state index contributed by atoms with van der Waals surface area (Å²) in [5.74, 6) is 0. The second-order valence-electron chi connectivity index (χ2n) is 6.35. The van der Waals surface area contributed by atoms with Crippen LogP contribution in [0.15, 0.2) is 49.0 Å². The number of nitrogens with one attached hydrogen (secondary N) is 4. The SMILES string of the molecule is C=Cc1ccc(NC(=O)NCc2cc(CNCC)cc(CNCC)c2)cc1. The molecule has 0 spiro atoms. The van der Waals surface area contributed by atoms with Crippen LogP contribution in [0.3, 0.4) is 0 Å². The molecule has 0 atom stereocenters. The van der Waals surface area contributed by atoms with Crippen molar-refractivity contribution in [2.24, 2.45) is 0 Å². The number of anilines is 1. The molecular formula is C22H30N4O. The van der Waals surface area contributed by atoms with Crippen molar-refractivity contribution in [1.82, 2.24) is 16.0 Å². The molecule has 0 saturated carbocycles. The number of carbonyl (C=O) groups excluding carboxylic acids is 1. The Labute approximate surface area is 162 Å². The highest BCUT2D eigenvalue weighted by Crippen LogP contribution is 2.12. The van der Waals surface area contributed by atoms with Crippen LogP contribution in [0.2, 0.25) is 0 Å². The number of hydrogen-bond acceptors (Lipinski definition) is 3. The Balaban J connectivity index is 1.97. The Bertz CT molecular complexity index is 714. The van der Waals surface area contributed by atoms with Gasteiger partial charge in [0.1, 0.15) is 0 Å². The van der Waals surface area contributed by atoms with E-state index in [1.807, 2.05) is 24.3 Å². The van der Waals surface area contributed by atoms with Gasteiger partial charge in [0.05, 0.1) is 0 Å². The summed E-state index contributed by atoms with van der Waals surface area (Å²) >= 11 is 0. The number of amides is 2. The van der Waals surface area contributed by atoms with Crippen molar-refractivity contribution >= 4 is 17.8 Å². The van der Waals surface area contributed by atoms with Gasteiger partial charge in [0.25, 0.3) is 0 Å². The van der Waals surface area contributed by atoms with Gasteiger partial charge in [0.15, 0.2) is 0 Å². The molecule has 2 aromatic rings. The number of benzene rings is 2. The molecule has 0 bridgehead atoms. The van der Waals surface area contributed by atoms with Gasteiger partial charge in [-0.15, -0.1) is 0 Å². The monoisotopic (exact) mass is 366 g/mol. The van der Waals surface area contributed by atoms with Crippen LogP contribution in [0.4, 0.5) is 10.5 Å². The van der Waals surface area contributed by atoms with E-state index < -0.39 is 0 Å². The van der Waals surface area contributed by atoms with Crippen LogP contribution in [0.25, 0.3) is 6.08 Å². The fourth-order valence-electron chi connectivity index (χ4n) is 2.74. The maximum absolute atomic E-state index is 12.2. The maximum Gasteiger partial charge on any atom is 0.319 e. The highest BCUT2D eigenvalue weighted by molar-refractivity contribution is 5.89. The molecule has 0 aliphatic heterocycles. The highest BCUT2D eigenvalue weighted by atomic mass is 16.2. The minimum atomic E-state index is -0.216. The number of rotatable bonds is 10. The van der Waals surface area contributed by atoms with E-state index >= 15 is 0 Å². The molecular weight excluding hydrogens is 336 g/mol. The first-order chi connectivity index (χ1) is 13.1. The van der Waals surface area contributed by atoms with Gasteiger partial charge in [-0.2, -0.15) is 0 Å². The van der Waals surface area contributed by atoms with Crippen molar-refractivity contribution in [1.29, 1.82) is 0 Å². The van der Waals surface area contributed by atoms with Crippen LogP contribution in [0.1, 0.15) is 36.1 Å². The number of urea groups is 1. The molecule has 2 aromatic carbocycles. The Morgan fingerprint density at radius 1 is 0.889 bits per heavy atom. The molecule has 2 rings (SSSR count). The quantitative estimate of drug-likeness (QED) is 0.516. The Morgan fingerprint density at radius 2 is 1.41 bits per heavy atom. The molecule has 0 aliphatic carbocycles. The van der Waals surface area contributed by atoms with Gasteiger partial charge < -0.3 is 21.3 Å². The molecule has 0 radical (unpaired) electrons. The fourth-order valence-corrected chi connectivity index (χ4v) is 2.74. The summed E-state index contributed by atoms with van der Waals surface area (Å²) in [7, 11) is 0. The van der Waals surface area contributed by atoms with Crippen LogP contribution in [-0.2, 0) is 19.6 Å². The van der Waals surface area contributed by atoms with Crippen molar-refractivity contribution < 1.29 is 4.79 Å². The molecule has 0 fully saturated rings. The summed E-state index contributed by atoms with van der Waals surface area (Å²) in [6.07, 6.45) is 1.77. The fraction of sp³-hybridized carbons (Fsp3) is 0.318. The summed E-state index contributed by atoms with van der Waals surface area (Å²) in [5.41, 5.74) is 5.32. The van der Waals surface area contributed by atoms with E-state index in [4.69, 9.17) is 0 Å². The predicted molar refractivity (Wildman–Crippen MR) is 114 cm³/mol. The Kier molecular flexibility index (Phi) is 8.55. The Morgan fingerprint density at radius 3 is 1.89 bits per heavy atom. The molecule has 27 heavy (non-hydrogen) atoms.